The van der Waals surface area contributed by atoms with Crippen LogP contribution in [-0.2, 0) is 22.5 Å². The molecule has 3 atom stereocenters. The highest BCUT2D eigenvalue weighted by Gasteiger charge is 2.42. The van der Waals surface area contributed by atoms with Gasteiger partial charge in [0.25, 0.3) is 0 Å². The minimum atomic E-state index is -5.08. The number of carboxylic acid groups (broad SMARTS) is 1. The molecule has 30 heavy (non-hydrogen) atoms. The van der Waals surface area contributed by atoms with Crippen LogP contribution in [0.3, 0.4) is 0 Å². The van der Waals surface area contributed by atoms with Crippen LogP contribution in [-0.4, -0.2) is 57.6 Å². The zero-order chi connectivity index (χ0) is 21.9. The van der Waals surface area contributed by atoms with Gasteiger partial charge in [0.15, 0.2) is 5.82 Å². The third-order valence-electron chi connectivity index (χ3n) is 5.18. The number of hydrogen-bond acceptors (Lipinski definition) is 7. The summed E-state index contributed by atoms with van der Waals surface area (Å²) in [5.41, 5.74) is 0. The first-order valence-electron chi connectivity index (χ1n) is 9.71. The van der Waals surface area contributed by atoms with Crippen LogP contribution in [0.1, 0.15) is 48.9 Å². The lowest BCUT2D eigenvalue weighted by Gasteiger charge is -2.39. The summed E-state index contributed by atoms with van der Waals surface area (Å²) >= 11 is 0. The second-order valence-corrected chi connectivity index (χ2v) is 7.33. The van der Waals surface area contributed by atoms with Gasteiger partial charge in [0.2, 0.25) is 5.89 Å². The Hall–Kier alpha value is -2.40. The van der Waals surface area contributed by atoms with E-state index in [-0.39, 0.29) is 12.0 Å². The summed E-state index contributed by atoms with van der Waals surface area (Å²) in [7, 11) is 0. The van der Waals surface area contributed by atoms with Gasteiger partial charge < -0.3 is 18.8 Å². The Bertz CT molecular complexity index is 851. The third kappa shape index (κ3) is 5.39. The molecule has 2 fully saturated rings. The van der Waals surface area contributed by atoms with E-state index < -0.39 is 12.1 Å². The van der Waals surface area contributed by atoms with E-state index in [0.29, 0.717) is 11.9 Å². The van der Waals surface area contributed by atoms with Gasteiger partial charge in [-0.1, -0.05) is 12.1 Å². The maximum absolute atomic E-state index is 10.6. The summed E-state index contributed by atoms with van der Waals surface area (Å²) < 4.78 is 49.0. The van der Waals surface area contributed by atoms with E-state index in [1.807, 2.05) is 6.92 Å². The Morgan fingerprint density at radius 3 is 2.60 bits per heavy atom. The molecule has 0 bridgehead atoms. The number of alkyl halides is 3. The Labute approximate surface area is 171 Å². The number of carboxylic acids is 1. The Balaban J connectivity index is 0.000000318. The molecule has 0 spiro atoms. The highest BCUT2D eigenvalue weighted by Crippen LogP contribution is 2.36. The van der Waals surface area contributed by atoms with Crippen LogP contribution in [0.25, 0.3) is 0 Å². The normalized spacial score (nSPS) is 24.2. The second-order valence-electron chi connectivity index (χ2n) is 7.33. The Morgan fingerprint density at radius 2 is 2.03 bits per heavy atom. The minimum Gasteiger partial charge on any atom is -0.475 e. The lowest BCUT2D eigenvalue weighted by atomic mass is 9.90. The molecular formula is C19H24F3N3O5. The van der Waals surface area contributed by atoms with Crippen molar-refractivity contribution in [2.45, 2.75) is 63.9 Å². The highest BCUT2D eigenvalue weighted by molar-refractivity contribution is 5.73. The van der Waals surface area contributed by atoms with E-state index in [1.165, 1.54) is 0 Å². The molecule has 2 aromatic rings. The van der Waals surface area contributed by atoms with Gasteiger partial charge in [0.05, 0.1) is 18.6 Å². The van der Waals surface area contributed by atoms with E-state index in [2.05, 4.69) is 34.1 Å². The second kappa shape index (κ2) is 9.17. The van der Waals surface area contributed by atoms with Crippen molar-refractivity contribution < 1.29 is 36.7 Å². The molecule has 4 heterocycles. The van der Waals surface area contributed by atoms with Gasteiger partial charge in [-0.15, -0.1) is 0 Å². The summed E-state index contributed by atoms with van der Waals surface area (Å²) in [5.74, 6) is 0.966. The summed E-state index contributed by atoms with van der Waals surface area (Å²) in [6.45, 7) is 6.53. The average molecular weight is 431 g/mol. The first-order valence-corrected chi connectivity index (χ1v) is 9.71. The maximum atomic E-state index is 10.6. The third-order valence-corrected chi connectivity index (χ3v) is 5.18. The number of aryl methyl sites for hydroxylation is 2. The molecule has 0 radical (unpaired) electrons. The van der Waals surface area contributed by atoms with Crippen LogP contribution in [0.15, 0.2) is 21.1 Å². The quantitative estimate of drug-likeness (QED) is 0.787. The maximum Gasteiger partial charge on any atom is 0.490 e. The fourth-order valence-electron chi connectivity index (χ4n) is 3.79. The standard InChI is InChI=1S/C17H23N3O3.C2HF3O2/c1-3-13-4-5-14(22-13)10-20-9-12(17-18-11(2)19-23-17)8-16-15(20)6-7-21-16;3-2(4,5)1(6)7/h4-5,12,15-16H,3,6-10H2,1-2H3;(H,6,7)/t12-,15-,16-;/m1./s1. The summed E-state index contributed by atoms with van der Waals surface area (Å²) in [6, 6.07) is 4.62. The monoisotopic (exact) mass is 431 g/mol. The molecule has 0 amide bonds. The zero-order valence-electron chi connectivity index (χ0n) is 16.7. The Morgan fingerprint density at radius 1 is 1.33 bits per heavy atom. The molecule has 0 unspecified atom stereocenters. The van der Waals surface area contributed by atoms with Crippen LogP contribution in [0.2, 0.25) is 0 Å². The number of nitrogens with zero attached hydrogens (tertiary/aromatic N) is 3. The van der Waals surface area contributed by atoms with Crippen molar-refractivity contribution in [2.24, 2.45) is 0 Å². The van der Waals surface area contributed by atoms with Crippen LogP contribution < -0.4 is 0 Å². The van der Waals surface area contributed by atoms with Crippen LogP contribution in [0.5, 0.6) is 0 Å². The highest BCUT2D eigenvalue weighted by atomic mass is 19.4. The number of aliphatic carboxylic acids is 1. The predicted molar refractivity (Wildman–Crippen MR) is 96.7 cm³/mol. The first-order chi connectivity index (χ1) is 14.2. The number of hydrogen-bond donors (Lipinski definition) is 1. The van der Waals surface area contributed by atoms with Crippen molar-refractivity contribution >= 4 is 5.97 Å². The van der Waals surface area contributed by atoms with Gasteiger partial charge in [-0.25, -0.2) is 4.79 Å². The number of furan rings is 1. The molecule has 11 heteroatoms. The molecular weight excluding hydrogens is 407 g/mol. The largest absolute Gasteiger partial charge is 0.490 e. The average Bonchev–Trinajstić information content (AvgIpc) is 3.41. The number of rotatable bonds is 4. The van der Waals surface area contributed by atoms with E-state index in [0.717, 1.165) is 56.4 Å². The van der Waals surface area contributed by atoms with Gasteiger partial charge >= 0.3 is 12.1 Å². The summed E-state index contributed by atoms with van der Waals surface area (Å²) in [6.07, 6.45) is -1.86. The SMILES string of the molecule is CCc1ccc(CN2C[C@H](c3nc(C)no3)C[C@H]3OCC[C@H]32)o1.O=C(O)C(F)(F)F. The molecule has 0 aliphatic carbocycles. The number of piperidine rings is 1. The van der Waals surface area contributed by atoms with Crippen molar-refractivity contribution in [3.05, 3.63) is 35.4 Å². The van der Waals surface area contributed by atoms with Gasteiger partial charge in [0, 0.05) is 25.6 Å². The fourth-order valence-corrected chi connectivity index (χ4v) is 3.79. The first kappa shape index (κ1) is 22.3. The van der Waals surface area contributed by atoms with E-state index in [1.54, 1.807) is 0 Å². The van der Waals surface area contributed by atoms with Crippen LogP contribution in [0, 0.1) is 6.92 Å². The number of fused-ring (bicyclic) bond motifs is 1. The minimum absolute atomic E-state index is 0.233. The zero-order valence-corrected chi connectivity index (χ0v) is 16.7. The van der Waals surface area contributed by atoms with Crippen molar-refractivity contribution in [2.75, 3.05) is 13.2 Å². The van der Waals surface area contributed by atoms with E-state index in [4.69, 9.17) is 23.6 Å². The smallest absolute Gasteiger partial charge is 0.475 e. The van der Waals surface area contributed by atoms with Crippen molar-refractivity contribution in [3.8, 4) is 0 Å². The number of carbonyl (C=O) groups is 1. The number of halogens is 3. The molecule has 8 nitrogen and oxygen atoms in total. The molecule has 0 aromatic carbocycles. The van der Waals surface area contributed by atoms with Crippen molar-refractivity contribution in [1.29, 1.82) is 0 Å². The summed E-state index contributed by atoms with van der Waals surface area (Å²) in [4.78, 5) is 15.8. The molecule has 4 rings (SSSR count). The molecule has 2 aliphatic heterocycles. The molecule has 1 N–H and O–H groups in total. The molecule has 2 aromatic heterocycles. The number of ether oxygens (including phenoxy) is 1. The Kier molecular flexibility index (Phi) is 6.81. The number of likely N-dealkylation sites (tertiary alicyclic amines) is 1. The van der Waals surface area contributed by atoms with Crippen molar-refractivity contribution in [1.82, 2.24) is 15.0 Å². The fraction of sp³-hybridized carbons (Fsp3) is 0.632. The molecule has 2 aliphatic rings. The predicted octanol–water partition coefficient (Wildman–Crippen LogP) is 3.31. The summed E-state index contributed by atoms with van der Waals surface area (Å²) in [5, 5.41) is 11.1. The molecule has 2 saturated heterocycles. The molecule has 166 valence electrons. The van der Waals surface area contributed by atoms with Gasteiger partial charge in [0.1, 0.15) is 11.5 Å². The number of aromatic nitrogens is 2. The van der Waals surface area contributed by atoms with Crippen LogP contribution in [0.4, 0.5) is 13.2 Å². The van der Waals surface area contributed by atoms with E-state index in [9.17, 15) is 13.2 Å². The lowest BCUT2D eigenvalue weighted by molar-refractivity contribution is -0.192. The van der Waals surface area contributed by atoms with E-state index >= 15 is 0 Å². The van der Waals surface area contributed by atoms with Crippen LogP contribution >= 0.6 is 0 Å². The lowest BCUT2D eigenvalue weighted by Crippen LogP contribution is -2.48. The van der Waals surface area contributed by atoms with Gasteiger partial charge in [-0.05, 0) is 31.9 Å². The van der Waals surface area contributed by atoms with Gasteiger partial charge in [-0.2, -0.15) is 18.2 Å². The van der Waals surface area contributed by atoms with Gasteiger partial charge in [-0.3, -0.25) is 4.90 Å². The topological polar surface area (TPSA) is 102 Å². The molecule has 0 saturated carbocycles. The van der Waals surface area contributed by atoms with Crippen molar-refractivity contribution in [3.63, 3.8) is 0 Å².